The molecule has 0 unspecified atom stereocenters. The Balaban J connectivity index is 1.28. The minimum Gasteiger partial charge on any atom is -0.378 e. The summed E-state index contributed by atoms with van der Waals surface area (Å²) < 4.78 is 5.38. The first-order chi connectivity index (χ1) is 19.3. The third kappa shape index (κ3) is 6.77. The highest BCUT2D eigenvalue weighted by Crippen LogP contribution is 2.29. The van der Waals surface area contributed by atoms with Gasteiger partial charge in [-0.2, -0.15) is 0 Å². The van der Waals surface area contributed by atoms with Crippen LogP contribution in [0.4, 0.5) is 5.82 Å². The zero-order valence-corrected chi connectivity index (χ0v) is 23.7. The number of carbonyl (C=O) groups is 4. The second-order valence-corrected chi connectivity index (χ2v) is 11.8. The van der Waals surface area contributed by atoms with Crippen molar-refractivity contribution in [3.05, 3.63) is 38.9 Å². The van der Waals surface area contributed by atoms with Crippen molar-refractivity contribution in [3.8, 4) is 0 Å². The number of pyridine rings is 1. The zero-order chi connectivity index (χ0) is 28.2. The molecule has 0 aromatic carbocycles. The van der Waals surface area contributed by atoms with Crippen LogP contribution in [0.3, 0.4) is 0 Å². The molecule has 3 N–H and O–H groups in total. The van der Waals surface area contributed by atoms with E-state index in [0.717, 1.165) is 30.1 Å². The fourth-order valence-electron chi connectivity index (χ4n) is 5.28. The molecule has 1 saturated heterocycles. The van der Waals surface area contributed by atoms with E-state index >= 15 is 0 Å². The number of hydrogen-bond donors (Lipinski definition) is 3. The maximum absolute atomic E-state index is 13.3. The van der Waals surface area contributed by atoms with Gasteiger partial charge in [0.1, 0.15) is 5.82 Å². The van der Waals surface area contributed by atoms with Crippen LogP contribution in [0.25, 0.3) is 0 Å². The van der Waals surface area contributed by atoms with E-state index in [-0.39, 0.29) is 23.6 Å². The minimum absolute atomic E-state index is 0.0200. The lowest BCUT2D eigenvalue weighted by Gasteiger charge is -2.38. The summed E-state index contributed by atoms with van der Waals surface area (Å²) in [7, 11) is 2.03. The number of likely N-dealkylation sites (N-methyl/N-ethyl adjacent to an activating group) is 1. The molecule has 214 valence electrons. The molecule has 2 aromatic rings. The summed E-state index contributed by atoms with van der Waals surface area (Å²) in [4.78, 5) is 65.6. The van der Waals surface area contributed by atoms with Gasteiger partial charge < -0.3 is 30.5 Å². The molecular formula is C26H32ClN7O5S. The lowest BCUT2D eigenvalue weighted by atomic mass is 9.81. The normalized spacial score (nSPS) is 23.1. The van der Waals surface area contributed by atoms with Gasteiger partial charge in [-0.3, -0.25) is 19.2 Å². The van der Waals surface area contributed by atoms with Crippen LogP contribution in [-0.4, -0.2) is 95.4 Å². The first kappa shape index (κ1) is 28.4. The number of anilines is 1. The van der Waals surface area contributed by atoms with Crippen LogP contribution < -0.4 is 16.0 Å². The third-order valence-corrected chi connectivity index (χ3v) is 8.75. The van der Waals surface area contributed by atoms with Crippen LogP contribution in [0, 0.1) is 5.92 Å². The van der Waals surface area contributed by atoms with Gasteiger partial charge in [0.05, 0.1) is 30.0 Å². The highest BCUT2D eigenvalue weighted by molar-refractivity contribution is 7.13. The van der Waals surface area contributed by atoms with E-state index in [1.54, 1.807) is 11.0 Å². The summed E-state index contributed by atoms with van der Waals surface area (Å²) in [6.07, 6.45) is 3.42. The molecule has 3 atom stereocenters. The van der Waals surface area contributed by atoms with E-state index < -0.39 is 23.9 Å². The van der Waals surface area contributed by atoms with Crippen molar-refractivity contribution in [1.29, 1.82) is 0 Å². The smallest absolute Gasteiger partial charge is 0.314 e. The molecule has 14 heteroatoms. The van der Waals surface area contributed by atoms with E-state index in [0.29, 0.717) is 55.6 Å². The average Bonchev–Trinajstić information content (AvgIpc) is 3.38. The minimum atomic E-state index is -0.886. The Bertz CT molecular complexity index is 1270. The van der Waals surface area contributed by atoms with E-state index in [1.165, 1.54) is 23.6 Å². The molecule has 4 amide bonds. The molecule has 0 spiro atoms. The zero-order valence-electron chi connectivity index (χ0n) is 22.2. The van der Waals surface area contributed by atoms with Gasteiger partial charge in [-0.15, -0.1) is 11.3 Å². The molecular weight excluding hydrogens is 558 g/mol. The number of carbonyl (C=O) groups excluding carboxylic acids is 4. The summed E-state index contributed by atoms with van der Waals surface area (Å²) >= 11 is 7.20. The fraction of sp³-hybridized carbons (Fsp3) is 0.538. The molecule has 40 heavy (non-hydrogen) atoms. The topological polar surface area (TPSA) is 146 Å². The maximum Gasteiger partial charge on any atom is 0.314 e. The van der Waals surface area contributed by atoms with E-state index in [2.05, 4.69) is 30.8 Å². The summed E-state index contributed by atoms with van der Waals surface area (Å²) in [5.74, 6) is -2.20. The lowest BCUT2D eigenvalue weighted by Crippen LogP contribution is -2.57. The number of hydrogen-bond acceptors (Lipinski definition) is 9. The summed E-state index contributed by atoms with van der Waals surface area (Å²) in [6, 6.07) is 1.93. The molecule has 2 aliphatic heterocycles. The molecule has 2 aromatic heterocycles. The number of nitrogens with zero attached hydrogens (tertiary/aromatic N) is 4. The third-order valence-electron chi connectivity index (χ3n) is 7.45. The molecule has 0 bridgehead atoms. The number of morpholine rings is 1. The van der Waals surface area contributed by atoms with Gasteiger partial charge in [0.25, 0.3) is 5.91 Å². The molecule has 12 nitrogen and oxygen atoms in total. The van der Waals surface area contributed by atoms with Crippen molar-refractivity contribution in [2.75, 3.05) is 45.2 Å². The Labute approximate surface area is 240 Å². The van der Waals surface area contributed by atoms with Gasteiger partial charge in [-0.05, 0) is 38.4 Å². The number of thiazole rings is 1. The van der Waals surface area contributed by atoms with Gasteiger partial charge in [0.15, 0.2) is 5.01 Å². The average molecular weight is 590 g/mol. The quantitative estimate of drug-likeness (QED) is 0.439. The van der Waals surface area contributed by atoms with Crippen molar-refractivity contribution in [2.45, 2.75) is 44.3 Å². The van der Waals surface area contributed by atoms with Crippen LogP contribution in [0.1, 0.15) is 39.6 Å². The van der Waals surface area contributed by atoms with Gasteiger partial charge in [-0.25, -0.2) is 9.97 Å². The van der Waals surface area contributed by atoms with Gasteiger partial charge in [0.2, 0.25) is 5.91 Å². The van der Waals surface area contributed by atoms with E-state index in [9.17, 15) is 19.2 Å². The van der Waals surface area contributed by atoms with Crippen LogP contribution >= 0.6 is 22.9 Å². The first-order valence-corrected chi connectivity index (χ1v) is 14.5. The largest absolute Gasteiger partial charge is 0.378 e. The summed E-state index contributed by atoms with van der Waals surface area (Å²) in [5.41, 5.74) is 0.939. The Hall–Kier alpha value is -3.13. The number of nitrogens with one attached hydrogen (secondary N) is 3. The van der Waals surface area contributed by atoms with Crippen molar-refractivity contribution < 1.29 is 23.9 Å². The van der Waals surface area contributed by atoms with Crippen LogP contribution in [0.5, 0.6) is 0 Å². The predicted molar refractivity (Wildman–Crippen MR) is 148 cm³/mol. The second kappa shape index (κ2) is 12.6. The number of rotatable bonds is 5. The maximum atomic E-state index is 13.3. The Morgan fingerprint density at radius 2 is 1.85 bits per heavy atom. The van der Waals surface area contributed by atoms with Gasteiger partial charge in [-0.1, -0.05) is 11.6 Å². The van der Waals surface area contributed by atoms with E-state index in [4.69, 9.17) is 16.3 Å². The van der Waals surface area contributed by atoms with Gasteiger partial charge >= 0.3 is 11.8 Å². The number of fused-ring (bicyclic) bond motifs is 1. The highest BCUT2D eigenvalue weighted by atomic mass is 35.5. The SMILES string of the molecule is CN1CCc2nc(C(=O)N[C@@H]3C[C@@H](C(=O)N4CCOCC4)CC[C@@H]3NC(=O)C(=O)Nc3ccc(Cl)cn3)sc2C1. The summed E-state index contributed by atoms with van der Waals surface area (Å²) in [6.45, 7) is 3.69. The molecule has 2 fully saturated rings. The number of halogens is 1. The van der Waals surface area contributed by atoms with Crippen LogP contribution in [-0.2, 0) is 32.1 Å². The predicted octanol–water partition coefficient (Wildman–Crippen LogP) is 1.06. The van der Waals surface area contributed by atoms with Gasteiger partial charge in [0, 0.05) is 55.6 Å². The molecule has 1 saturated carbocycles. The van der Waals surface area contributed by atoms with E-state index in [1.807, 2.05) is 7.05 Å². The molecule has 0 radical (unpaired) electrons. The number of amides is 4. The number of aromatic nitrogens is 2. The molecule has 4 heterocycles. The molecule has 1 aliphatic carbocycles. The lowest BCUT2D eigenvalue weighted by molar-refractivity contribution is -0.141. The Kier molecular flexibility index (Phi) is 8.94. The fourth-order valence-corrected chi connectivity index (χ4v) is 6.48. The molecule has 5 rings (SSSR count). The monoisotopic (exact) mass is 589 g/mol. The first-order valence-electron chi connectivity index (χ1n) is 13.3. The standard InChI is InChI=1S/C26H32ClN7O5S/c1-33-7-6-18-20(14-33)40-25(31-18)24(37)30-19-12-15(26(38)34-8-10-39-11-9-34)2-4-17(19)29-22(35)23(36)32-21-5-3-16(27)13-28-21/h3,5,13,15,17,19H,2,4,6-12,14H2,1H3,(H,29,35)(H,30,37)(H,28,32,36)/t15-,17-,19+/m0/s1. The highest BCUT2D eigenvalue weighted by Gasteiger charge is 2.38. The Morgan fingerprint density at radius 1 is 1.05 bits per heavy atom. The second-order valence-electron chi connectivity index (χ2n) is 10.3. The molecule has 3 aliphatic rings. The van der Waals surface area contributed by atoms with Crippen molar-refractivity contribution in [2.24, 2.45) is 5.92 Å². The number of ether oxygens (including phenoxy) is 1. The van der Waals surface area contributed by atoms with Crippen molar-refractivity contribution in [1.82, 2.24) is 30.4 Å². The van der Waals surface area contributed by atoms with Crippen molar-refractivity contribution >= 4 is 52.4 Å². The Morgan fingerprint density at radius 3 is 2.60 bits per heavy atom. The summed E-state index contributed by atoms with van der Waals surface area (Å²) in [5, 5.41) is 8.99. The van der Waals surface area contributed by atoms with Crippen LogP contribution in [0.2, 0.25) is 5.02 Å². The van der Waals surface area contributed by atoms with Crippen LogP contribution in [0.15, 0.2) is 18.3 Å². The van der Waals surface area contributed by atoms with Crippen molar-refractivity contribution in [3.63, 3.8) is 0 Å².